The Morgan fingerprint density at radius 3 is 2.42 bits per heavy atom. The van der Waals surface area contributed by atoms with Gasteiger partial charge in [-0.15, -0.1) is 10.2 Å². The van der Waals surface area contributed by atoms with Crippen LogP contribution in [-0.2, 0) is 4.43 Å². The quantitative estimate of drug-likeness (QED) is 0.317. The van der Waals surface area contributed by atoms with Gasteiger partial charge in [-0.2, -0.15) is 5.26 Å². The molecule has 10 heteroatoms. The van der Waals surface area contributed by atoms with E-state index in [-0.39, 0.29) is 11.1 Å². The number of piperazine rings is 1. The van der Waals surface area contributed by atoms with Crippen molar-refractivity contribution in [2.24, 2.45) is 0 Å². The first kappa shape index (κ1) is 28.1. The van der Waals surface area contributed by atoms with E-state index in [0.717, 1.165) is 37.4 Å². The number of nitrogens with one attached hydrogen (secondary N) is 2. The van der Waals surface area contributed by atoms with Crippen LogP contribution in [0.4, 0.5) is 11.4 Å². The van der Waals surface area contributed by atoms with Crippen LogP contribution in [0.1, 0.15) is 45.2 Å². The Morgan fingerprint density at radius 1 is 1.13 bits per heavy atom. The second-order valence-corrected chi connectivity index (χ2v) is 16.4. The Morgan fingerprint density at radius 2 is 1.82 bits per heavy atom. The van der Waals surface area contributed by atoms with Crippen LogP contribution in [0.2, 0.25) is 23.2 Å². The van der Waals surface area contributed by atoms with Gasteiger partial charge in [-0.05, 0) is 67.5 Å². The van der Waals surface area contributed by atoms with E-state index < -0.39 is 14.4 Å². The first-order chi connectivity index (χ1) is 18.0. The summed E-state index contributed by atoms with van der Waals surface area (Å²) >= 11 is 6.31. The lowest BCUT2D eigenvalue weighted by Gasteiger charge is -2.40. The zero-order valence-electron chi connectivity index (χ0n) is 23.0. The van der Waals surface area contributed by atoms with Gasteiger partial charge in [0, 0.05) is 43.1 Å². The van der Waals surface area contributed by atoms with Crippen molar-refractivity contribution in [3.05, 3.63) is 58.9 Å². The summed E-state index contributed by atoms with van der Waals surface area (Å²) in [7, 11) is -2.09. The first-order valence-corrected chi connectivity index (χ1v) is 16.3. The van der Waals surface area contributed by atoms with E-state index in [1.54, 1.807) is 12.1 Å². The number of aromatic nitrogens is 2. The van der Waals surface area contributed by atoms with Gasteiger partial charge < -0.3 is 24.4 Å². The van der Waals surface area contributed by atoms with Crippen molar-refractivity contribution in [2.45, 2.75) is 58.0 Å². The summed E-state index contributed by atoms with van der Waals surface area (Å²) in [6.45, 7) is 17.1. The normalized spacial score (nSPS) is 16.1. The third-order valence-electron chi connectivity index (χ3n) is 7.47. The molecular formula is C28H37ClN6O2Si. The van der Waals surface area contributed by atoms with E-state index in [4.69, 9.17) is 20.4 Å². The Balaban J connectivity index is 1.60. The maximum absolute atomic E-state index is 9.25. The number of benzene rings is 2. The molecule has 3 aromatic rings. The van der Waals surface area contributed by atoms with Gasteiger partial charge >= 0.3 is 0 Å². The summed E-state index contributed by atoms with van der Waals surface area (Å²) in [5.41, 5.74) is 3.21. The summed E-state index contributed by atoms with van der Waals surface area (Å²) in [6, 6.07) is 15.2. The fraction of sp³-hybridized carbons (Fsp3) is 0.464. The van der Waals surface area contributed by atoms with Crippen LogP contribution in [-0.4, -0.2) is 50.8 Å². The lowest BCUT2D eigenvalue weighted by Crippen LogP contribution is -2.45. The molecule has 1 fully saturated rings. The summed E-state index contributed by atoms with van der Waals surface area (Å²) in [4.78, 5) is 2.36. The molecular weight excluding hydrogens is 516 g/mol. The van der Waals surface area contributed by atoms with E-state index in [0.29, 0.717) is 22.4 Å². The van der Waals surface area contributed by atoms with E-state index in [2.05, 4.69) is 77.8 Å². The first-order valence-electron chi connectivity index (χ1n) is 13.0. The molecule has 0 bridgehead atoms. The highest BCUT2D eigenvalue weighted by Crippen LogP contribution is 2.39. The lowest BCUT2D eigenvalue weighted by molar-refractivity contribution is 0.166. The molecule has 1 aromatic heterocycles. The highest BCUT2D eigenvalue weighted by Gasteiger charge is 2.41. The average molecular weight is 553 g/mol. The lowest BCUT2D eigenvalue weighted by atomic mass is 10.1. The maximum Gasteiger partial charge on any atom is 0.247 e. The molecule has 202 valence electrons. The Labute approximate surface area is 231 Å². The predicted molar refractivity (Wildman–Crippen MR) is 155 cm³/mol. The van der Waals surface area contributed by atoms with Crippen molar-refractivity contribution in [3.63, 3.8) is 0 Å². The highest BCUT2D eigenvalue weighted by molar-refractivity contribution is 6.74. The molecule has 1 aliphatic rings. The Bertz CT molecular complexity index is 1280. The molecule has 2 N–H and O–H groups in total. The zero-order chi connectivity index (χ0) is 27.5. The van der Waals surface area contributed by atoms with Crippen LogP contribution >= 0.6 is 11.6 Å². The van der Waals surface area contributed by atoms with Crippen molar-refractivity contribution in [2.75, 3.05) is 36.4 Å². The average Bonchev–Trinajstić information content (AvgIpc) is 3.37. The monoisotopic (exact) mass is 552 g/mol. The van der Waals surface area contributed by atoms with Crippen LogP contribution < -0.4 is 15.5 Å². The summed E-state index contributed by atoms with van der Waals surface area (Å²) in [5.74, 6) is 0.883. The molecule has 2 heterocycles. The second kappa shape index (κ2) is 11.5. The number of nitrogens with zero attached hydrogens (tertiary/aromatic N) is 4. The van der Waals surface area contributed by atoms with Crippen LogP contribution in [0.5, 0.6) is 0 Å². The van der Waals surface area contributed by atoms with Crippen molar-refractivity contribution < 1.29 is 8.84 Å². The molecule has 2 atom stereocenters. The molecule has 4 rings (SSSR count). The minimum absolute atomic E-state index is 0.0374. The Kier molecular flexibility index (Phi) is 8.48. The third kappa shape index (κ3) is 6.38. The van der Waals surface area contributed by atoms with E-state index in [9.17, 15) is 5.26 Å². The Hall–Kier alpha value is -2.90. The van der Waals surface area contributed by atoms with Crippen LogP contribution in [0.3, 0.4) is 0 Å². The molecule has 0 amide bonds. The van der Waals surface area contributed by atoms with Crippen LogP contribution in [0, 0.1) is 11.3 Å². The molecule has 0 spiro atoms. The van der Waals surface area contributed by atoms with E-state index in [1.165, 1.54) is 5.69 Å². The third-order valence-corrected chi connectivity index (χ3v) is 12.4. The van der Waals surface area contributed by atoms with Crippen molar-refractivity contribution in [1.29, 1.82) is 5.26 Å². The van der Waals surface area contributed by atoms with Gasteiger partial charge in [-0.1, -0.05) is 32.4 Å². The van der Waals surface area contributed by atoms with Gasteiger partial charge in [0.2, 0.25) is 11.8 Å². The van der Waals surface area contributed by atoms with Gasteiger partial charge in [0.05, 0.1) is 16.7 Å². The molecule has 2 aromatic carbocycles. The van der Waals surface area contributed by atoms with Crippen molar-refractivity contribution >= 4 is 31.3 Å². The highest BCUT2D eigenvalue weighted by atomic mass is 35.5. The van der Waals surface area contributed by atoms with E-state index >= 15 is 0 Å². The molecule has 8 nitrogen and oxygen atoms in total. The zero-order valence-corrected chi connectivity index (χ0v) is 24.8. The minimum Gasteiger partial charge on any atom is -0.418 e. The number of rotatable bonds is 8. The number of anilines is 2. The molecule has 0 saturated carbocycles. The smallest absolute Gasteiger partial charge is 0.247 e. The van der Waals surface area contributed by atoms with Gasteiger partial charge in [0.1, 0.15) is 12.1 Å². The SMILES string of the molecule is C[C@H](O[Si](C)(C)C(C)(C)C)[C@@H](Nc1ccc(C#N)c(Cl)c1)c1nnc(-c2ccc(N3CCNCC3)cc2)o1. The van der Waals surface area contributed by atoms with Gasteiger partial charge in [0.15, 0.2) is 8.32 Å². The van der Waals surface area contributed by atoms with Gasteiger partial charge in [-0.3, -0.25) is 0 Å². The summed E-state index contributed by atoms with van der Waals surface area (Å²) in [6.07, 6.45) is -0.270. The number of hydrogen-bond acceptors (Lipinski definition) is 8. The van der Waals surface area contributed by atoms with Crippen molar-refractivity contribution in [3.8, 4) is 17.5 Å². The largest absolute Gasteiger partial charge is 0.418 e. The number of hydrogen-bond donors (Lipinski definition) is 2. The van der Waals surface area contributed by atoms with Gasteiger partial charge in [0.25, 0.3) is 0 Å². The molecule has 0 radical (unpaired) electrons. The second-order valence-electron chi connectivity index (χ2n) is 11.2. The molecule has 1 aliphatic heterocycles. The summed E-state index contributed by atoms with van der Waals surface area (Å²) in [5, 5.41) is 25.3. The molecule has 1 saturated heterocycles. The van der Waals surface area contributed by atoms with E-state index in [1.807, 2.05) is 25.1 Å². The topological polar surface area (TPSA) is 99.2 Å². The standard InChI is InChI=1S/C28H37ClN6O2Si/c1-19(37-38(5,6)28(2,3)4)25(32-22-10-7-21(18-30)24(29)17-22)27-34-33-26(36-27)20-8-11-23(12-9-20)35-15-13-31-14-16-35/h7-12,17,19,25,31-32H,13-16H2,1-6H3/t19-,25+/m0/s1. The molecule has 0 aliphatic carbocycles. The fourth-order valence-corrected chi connectivity index (χ4v) is 5.82. The van der Waals surface area contributed by atoms with Gasteiger partial charge in [-0.25, -0.2) is 0 Å². The number of nitriles is 1. The summed E-state index contributed by atoms with van der Waals surface area (Å²) < 4.78 is 12.9. The fourth-order valence-electron chi connectivity index (χ4n) is 4.18. The number of halogens is 1. The van der Waals surface area contributed by atoms with Crippen LogP contribution in [0.25, 0.3) is 11.5 Å². The van der Waals surface area contributed by atoms with Crippen molar-refractivity contribution in [1.82, 2.24) is 15.5 Å². The minimum atomic E-state index is -2.09. The predicted octanol–water partition coefficient (Wildman–Crippen LogP) is 6.23. The molecule has 0 unspecified atom stereocenters. The maximum atomic E-state index is 9.25. The van der Waals surface area contributed by atoms with Crippen LogP contribution in [0.15, 0.2) is 46.9 Å². The molecule has 38 heavy (non-hydrogen) atoms.